The zero-order chi connectivity index (χ0) is 12.5. The van der Waals surface area contributed by atoms with Crippen molar-refractivity contribution in [3.8, 4) is 0 Å². The molecule has 0 spiro atoms. The Morgan fingerprint density at radius 2 is 2.13 bits per heavy atom. The molecular weight excluding hydrogens is 204 g/mol. The average Bonchev–Trinajstić information content (AvgIpc) is 2.53. The van der Waals surface area contributed by atoms with E-state index in [4.69, 9.17) is 11.2 Å². The Kier molecular flexibility index (Phi) is 3.55. The summed E-state index contributed by atoms with van der Waals surface area (Å²) in [4.78, 5) is 0. The van der Waals surface area contributed by atoms with E-state index < -0.39 is 43.2 Å². The van der Waals surface area contributed by atoms with Gasteiger partial charge in [0.05, 0.1) is 6.61 Å². The fraction of sp³-hybridized carbons (Fsp3) is 1.00. The van der Waals surface area contributed by atoms with Crippen LogP contribution < -0.4 is 0 Å². The highest BCUT2D eigenvalue weighted by Gasteiger charge is 2.54. The first-order valence-electron chi connectivity index (χ1n) is 5.43. The van der Waals surface area contributed by atoms with Gasteiger partial charge in [0.15, 0.2) is 5.79 Å². The normalized spacial score (nSPS) is 46.3. The lowest BCUT2D eigenvalue weighted by molar-refractivity contribution is -0.241. The van der Waals surface area contributed by atoms with E-state index in [2.05, 4.69) is 0 Å². The van der Waals surface area contributed by atoms with Gasteiger partial charge in [-0.2, -0.15) is 0 Å². The third kappa shape index (κ3) is 2.30. The van der Waals surface area contributed by atoms with Gasteiger partial charge in [-0.15, -0.1) is 0 Å². The van der Waals surface area contributed by atoms with E-state index in [0.717, 1.165) is 0 Å². The molecule has 15 heavy (non-hydrogen) atoms. The van der Waals surface area contributed by atoms with Crippen LogP contribution in [0.1, 0.15) is 21.1 Å². The molecule has 1 fully saturated rings. The molecular formula is C9H18O6. The van der Waals surface area contributed by atoms with Gasteiger partial charge in [-0.3, -0.25) is 0 Å². The third-order valence-corrected chi connectivity index (χ3v) is 2.47. The van der Waals surface area contributed by atoms with Crippen LogP contribution in [-0.2, 0) is 4.74 Å². The number of aliphatic hydroxyl groups excluding tert-OH is 4. The summed E-state index contributed by atoms with van der Waals surface area (Å²) in [5, 5.41) is 47.1. The van der Waals surface area contributed by atoms with E-state index in [1.54, 1.807) is 6.92 Å². The molecule has 0 aromatic carbocycles. The maximum atomic E-state index is 9.90. The van der Waals surface area contributed by atoms with E-state index in [0.29, 0.717) is 0 Å². The van der Waals surface area contributed by atoms with Gasteiger partial charge in [0, 0.05) is 7.77 Å². The lowest BCUT2D eigenvalue weighted by Crippen LogP contribution is -2.43. The highest BCUT2D eigenvalue weighted by Crippen LogP contribution is 2.34. The Morgan fingerprint density at radius 3 is 2.60 bits per heavy atom. The molecule has 2 unspecified atom stereocenters. The van der Waals surface area contributed by atoms with Crippen molar-refractivity contribution in [2.24, 2.45) is 0 Å². The third-order valence-electron chi connectivity index (χ3n) is 2.47. The van der Waals surface area contributed by atoms with Gasteiger partial charge in [0.2, 0.25) is 0 Å². The second-order valence-corrected chi connectivity index (χ2v) is 3.63. The lowest BCUT2D eigenvalue weighted by atomic mass is 9.99. The van der Waals surface area contributed by atoms with Crippen LogP contribution in [0, 0.1) is 0 Å². The van der Waals surface area contributed by atoms with E-state index >= 15 is 0 Å². The van der Waals surface area contributed by atoms with Gasteiger partial charge in [-0.1, -0.05) is 13.3 Å². The van der Waals surface area contributed by atoms with Crippen molar-refractivity contribution < 1.29 is 31.6 Å². The van der Waals surface area contributed by atoms with E-state index in [9.17, 15) is 20.4 Å². The largest absolute Gasteiger partial charge is 0.394 e. The van der Waals surface area contributed by atoms with Gasteiger partial charge in [-0.05, 0) is 0 Å². The molecule has 0 amide bonds. The molecule has 1 aliphatic heterocycles. The second kappa shape index (κ2) is 4.73. The minimum Gasteiger partial charge on any atom is -0.394 e. The van der Waals surface area contributed by atoms with Crippen molar-refractivity contribution in [2.75, 3.05) is 6.61 Å². The number of hydrogen-bond acceptors (Lipinski definition) is 6. The summed E-state index contributed by atoms with van der Waals surface area (Å²) in [6.45, 7) is 0.952. The summed E-state index contributed by atoms with van der Waals surface area (Å²) in [6, 6.07) is 0. The molecule has 0 bridgehead atoms. The van der Waals surface area contributed by atoms with E-state index in [1.807, 2.05) is 0 Å². The fourth-order valence-corrected chi connectivity index (χ4v) is 1.65. The molecule has 0 aromatic rings. The van der Waals surface area contributed by atoms with Crippen LogP contribution in [0.3, 0.4) is 0 Å². The van der Waals surface area contributed by atoms with Gasteiger partial charge >= 0.3 is 0 Å². The first-order valence-corrected chi connectivity index (χ1v) is 4.86. The van der Waals surface area contributed by atoms with Crippen molar-refractivity contribution in [1.82, 2.24) is 0 Å². The summed E-state index contributed by atoms with van der Waals surface area (Å²) >= 11 is 0. The SMILES string of the molecule is [2H]C(CC)C1(O)O[C@H]([C@H](O)CO)[C@H](O)[C@H]1O. The van der Waals surface area contributed by atoms with Gasteiger partial charge in [0.1, 0.15) is 24.4 Å². The molecule has 1 heterocycles. The molecule has 90 valence electrons. The van der Waals surface area contributed by atoms with Crippen LogP contribution in [0.2, 0.25) is 0 Å². The van der Waals surface area contributed by atoms with Crippen molar-refractivity contribution in [1.29, 1.82) is 0 Å². The molecule has 5 N–H and O–H groups in total. The van der Waals surface area contributed by atoms with Crippen LogP contribution in [-0.4, -0.2) is 62.3 Å². The Bertz CT molecular complexity index is 240. The Hall–Kier alpha value is -0.240. The summed E-state index contributed by atoms with van der Waals surface area (Å²) < 4.78 is 12.5. The van der Waals surface area contributed by atoms with Crippen LogP contribution >= 0.6 is 0 Å². The standard InChI is InChI=1S/C9H18O6/c1-2-3-9(14)8(13)6(12)7(15-9)5(11)4-10/h5-8,10-14H,2-4H2,1H3/t5-,6+,7-,8-,9?/m1/s1/i3D/t3?,5-,6+,7-,8-,9?. The summed E-state index contributed by atoms with van der Waals surface area (Å²) in [7, 11) is 0. The lowest BCUT2D eigenvalue weighted by Gasteiger charge is -2.25. The molecule has 0 radical (unpaired) electrons. The Morgan fingerprint density at radius 1 is 1.53 bits per heavy atom. The number of aliphatic hydroxyl groups is 5. The molecule has 1 rings (SSSR count). The smallest absolute Gasteiger partial charge is 0.195 e. The van der Waals surface area contributed by atoms with Gasteiger partial charge in [-0.25, -0.2) is 0 Å². The molecule has 0 aliphatic carbocycles. The van der Waals surface area contributed by atoms with Crippen LogP contribution in [0.4, 0.5) is 0 Å². The molecule has 6 heteroatoms. The first-order chi connectivity index (χ1) is 7.38. The fourth-order valence-electron chi connectivity index (χ4n) is 1.65. The van der Waals surface area contributed by atoms with E-state index in [1.165, 1.54) is 0 Å². The van der Waals surface area contributed by atoms with Crippen LogP contribution in [0.15, 0.2) is 0 Å². The molecule has 1 aliphatic rings. The summed E-state index contributed by atoms with van der Waals surface area (Å²) in [6.07, 6.45) is -6.87. The van der Waals surface area contributed by atoms with E-state index in [-0.39, 0.29) is 6.42 Å². The second-order valence-electron chi connectivity index (χ2n) is 3.63. The molecule has 6 atom stereocenters. The van der Waals surface area contributed by atoms with Crippen molar-refractivity contribution in [3.63, 3.8) is 0 Å². The predicted molar refractivity (Wildman–Crippen MR) is 49.8 cm³/mol. The monoisotopic (exact) mass is 223 g/mol. The predicted octanol–water partition coefficient (Wildman–Crippen LogP) is -2.05. The quantitative estimate of drug-likeness (QED) is 0.375. The zero-order valence-corrected chi connectivity index (χ0v) is 8.45. The van der Waals surface area contributed by atoms with Crippen LogP contribution in [0.25, 0.3) is 0 Å². The molecule has 0 aromatic heterocycles. The molecule has 1 saturated heterocycles. The van der Waals surface area contributed by atoms with Crippen molar-refractivity contribution in [2.45, 2.75) is 49.9 Å². The topological polar surface area (TPSA) is 110 Å². The summed E-state index contributed by atoms with van der Waals surface area (Å²) in [5.41, 5.74) is 0. The summed E-state index contributed by atoms with van der Waals surface area (Å²) in [5.74, 6) is -2.21. The first kappa shape index (κ1) is 11.3. The maximum Gasteiger partial charge on any atom is 0.195 e. The average molecular weight is 223 g/mol. The minimum atomic E-state index is -2.21. The number of hydrogen-bond donors (Lipinski definition) is 5. The highest BCUT2D eigenvalue weighted by molar-refractivity contribution is 4.97. The minimum absolute atomic E-state index is 0.211. The van der Waals surface area contributed by atoms with Gasteiger partial charge < -0.3 is 30.3 Å². The highest BCUT2D eigenvalue weighted by atomic mass is 16.7. The van der Waals surface area contributed by atoms with Crippen molar-refractivity contribution in [3.05, 3.63) is 0 Å². The Labute approximate surface area is 89.1 Å². The maximum absolute atomic E-state index is 9.90. The number of rotatable bonds is 4. The zero-order valence-electron chi connectivity index (χ0n) is 9.45. The Balaban J connectivity index is 2.86. The van der Waals surface area contributed by atoms with Crippen molar-refractivity contribution >= 4 is 0 Å². The number of ether oxygens (including phenoxy) is 1. The molecule has 0 saturated carbocycles. The van der Waals surface area contributed by atoms with Gasteiger partial charge in [0.25, 0.3) is 0 Å². The molecule has 6 nitrogen and oxygen atoms in total. The van der Waals surface area contributed by atoms with Crippen LogP contribution in [0.5, 0.6) is 0 Å².